The second-order valence-electron chi connectivity index (χ2n) is 11.4. The minimum Gasteiger partial charge on any atom is -0.294 e. The van der Waals surface area contributed by atoms with Gasteiger partial charge >= 0.3 is 0 Å². The van der Waals surface area contributed by atoms with E-state index in [0.29, 0.717) is 17.9 Å². The van der Waals surface area contributed by atoms with Crippen LogP contribution in [-0.2, 0) is 0 Å². The molecule has 3 rings (SSSR count). The van der Waals surface area contributed by atoms with Crippen LogP contribution in [0.2, 0.25) is 0 Å². The minimum absolute atomic E-state index is 0.0386. The summed E-state index contributed by atoms with van der Waals surface area (Å²) in [6, 6.07) is 12.5. The van der Waals surface area contributed by atoms with Crippen molar-refractivity contribution in [1.29, 1.82) is 0 Å². The van der Waals surface area contributed by atoms with Crippen molar-refractivity contribution in [2.24, 2.45) is 5.92 Å². The lowest BCUT2D eigenvalue weighted by Crippen LogP contribution is -2.13. The van der Waals surface area contributed by atoms with Crippen molar-refractivity contribution < 1.29 is 9.18 Å². The minimum atomic E-state index is -1.05. The third-order valence-electron chi connectivity index (χ3n) is 8.35. The molecule has 0 N–H and O–H groups in total. The molecule has 2 aromatic rings. The van der Waals surface area contributed by atoms with E-state index in [2.05, 4.69) is 43.1 Å². The van der Waals surface area contributed by atoms with Crippen molar-refractivity contribution in [2.45, 2.75) is 135 Å². The first-order chi connectivity index (χ1) is 18.1. The Kier molecular flexibility index (Phi) is 13.4. The lowest BCUT2D eigenvalue weighted by Gasteiger charge is -2.29. The van der Waals surface area contributed by atoms with Crippen LogP contribution in [0.25, 0.3) is 11.3 Å². The van der Waals surface area contributed by atoms with Gasteiger partial charge in [-0.25, -0.2) is 4.39 Å². The summed E-state index contributed by atoms with van der Waals surface area (Å²) in [6.45, 7) is 4.43. The largest absolute Gasteiger partial charge is 0.294 e. The van der Waals surface area contributed by atoms with Crippen molar-refractivity contribution in [3.63, 3.8) is 0 Å². The number of hydrogen-bond acceptors (Lipinski definition) is 2. The molecule has 1 heterocycles. The van der Waals surface area contributed by atoms with Gasteiger partial charge in [0.05, 0.1) is 5.69 Å². The predicted molar refractivity (Wildman–Crippen MR) is 155 cm³/mol. The van der Waals surface area contributed by atoms with E-state index in [0.717, 1.165) is 42.9 Å². The van der Waals surface area contributed by atoms with Gasteiger partial charge in [-0.2, -0.15) is 0 Å². The first kappa shape index (κ1) is 29.5. The zero-order valence-electron chi connectivity index (χ0n) is 23.5. The quantitative estimate of drug-likeness (QED) is 0.157. The summed E-state index contributed by atoms with van der Waals surface area (Å²) in [6.07, 6.45) is 20.3. The number of benzene rings is 1. The molecule has 1 aliphatic rings. The number of unbranched alkanes of at least 4 members (excludes halogenated alkanes) is 8. The molecule has 0 radical (unpaired) electrons. The van der Waals surface area contributed by atoms with Crippen LogP contribution >= 0.6 is 0 Å². The maximum Gasteiger partial charge on any atom is 0.167 e. The molecular formula is C34H50FNO. The molecule has 3 heteroatoms. The fraction of sp³-hybridized carbons (Fsp3) is 0.647. The molecule has 0 aliphatic heterocycles. The Morgan fingerprint density at radius 3 is 2.14 bits per heavy atom. The number of alkyl halides is 1. The molecule has 1 saturated carbocycles. The summed E-state index contributed by atoms with van der Waals surface area (Å²) in [5.74, 6) is 1.46. The lowest BCUT2D eigenvalue weighted by atomic mass is 9.77. The highest BCUT2D eigenvalue weighted by atomic mass is 19.1. The standard InChI is InChI=1S/C34H50FNO/c1-3-5-7-9-10-11-13-27-15-17-28(18-16-27)29-19-21-30(22-20-29)33-24-23-31(26-36-33)34(37)25-32(35)14-12-8-6-4-2/h19-24,26-28,32H,3-18,25H2,1-2H3/t27?,28?,32-/m0/s1. The highest BCUT2D eigenvalue weighted by Gasteiger charge is 2.22. The Balaban J connectivity index is 1.41. The molecule has 1 aromatic carbocycles. The Morgan fingerprint density at radius 2 is 1.49 bits per heavy atom. The number of ketones is 1. The van der Waals surface area contributed by atoms with Crippen molar-refractivity contribution in [3.8, 4) is 11.3 Å². The molecule has 2 nitrogen and oxygen atoms in total. The predicted octanol–water partition coefficient (Wildman–Crippen LogP) is 10.7. The van der Waals surface area contributed by atoms with Crippen molar-refractivity contribution in [2.75, 3.05) is 0 Å². The molecule has 1 fully saturated rings. The van der Waals surface area contributed by atoms with E-state index in [1.807, 2.05) is 6.07 Å². The maximum atomic E-state index is 14.2. The van der Waals surface area contributed by atoms with E-state index in [9.17, 15) is 9.18 Å². The van der Waals surface area contributed by atoms with Gasteiger partial charge in [0.15, 0.2) is 5.78 Å². The van der Waals surface area contributed by atoms with Crippen LogP contribution in [0.4, 0.5) is 4.39 Å². The summed E-state index contributed by atoms with van der Waals surface area (Å²) in [4.78, 5) is 17.0. The van der Waals surface area contributed by atoms with Gasteiger partial charge in [0.2, 0.25) is 0 Å². The Hall–Kier alpha value is -2.03. The third-order valence-corrected chi connectivity index (χ3v) is 8.35. The van der Waals surface area contributed by atoms with Gasteiger partial charge in [-0.05, 0) is 61.6 Å². The van der Waals surface area contributed by atoms with Crippen LogP contribution < -0.4 is 0 Å². The number of carbonyl (C=O) groups excluding carboxylic acids is 1. The third kappa shape index (κ3) is 10.3. The number of aromatic nitrogens is 1. The lowest BCUT2D eigenvalue weighted by molar-refractivity contribution is 0.0942. The van der Waals surface area contributed by atoms with Crippen LogP contribution in [0.15, 0.2) is 42.6 Å². The molecular weight excluding hydrogens is 457 g/mol. The first-order valence-corrected chi connectivity index (χ1v) is 15.3. The number of pyridine rings is 1. The van der Waals surface area contributed by atoms with Gasteiger partial charge in [-0.3, -0.25) is 9.78 Å². The highest BCUT2D eigenvalue weighted by Crippen LogP contribution is 2.38. The van der Waals surface area contributed by atoms with Crippen LogP contribution in [-0.4, -0.2) is 16.9 Å². The zero-order chi connectivity index (χ0) is 26.3. The van der Waals surface area contributed by atoms with E-state index < -0.39 is 6.17 Å². The van der Waals surface area contributed by atoms with E-state index in [4.69, 9.17) is 0 Å². The second kappa shape index (κ2) is 16.7. The Bertz CT molecular complexity index is 883. The van der Waals surface area contributed by atoms with Crippen LogP contribution in [0, 0.1) is 5.92 Å². The number of Topliss-reactive ketones (excluding diaryl/α,β-unsaturated/α-hetero) is 1. The van der Waals surface area contributed by atoms with Crippen molar-refractivity contribution >= 4 is 5.78 Å². The van der Waals surface area contributed by atoms with Crippen LogP contribution in [0.1, 0.15) is 145 Å². The smallest absolute Gasteiger partial charge is 0.167 e. The topological polar surface area (TPSA) is 30.0 Å². The summed E-state index contributed by atoms with van der Waals surface area (Å²) in [5, 5.41) is 0. The fourth-order valence-electron chi connectivity index (χ4n) is 5.87. The van der Waals surface area contributed by atoms with Crippen molar-refractivity contribution in [3.05, 3.63) is 53.7 Å². The SMILES string of the molecule is CCCCCCCCC1CCC(c2ccc(-c3ccc(C(=O)C[C@@H](F)CCCCCC)cn3)cc2)CC1. The Morgan fingerprint density at radius 1 is 0.838 bits per heavy atom. The molecule has 37 heavy (non-hydrogen) atoms. The molecule has 204 valence electrons. The van der Waals surface area contributed by atoms with Crippen LogP contribution in [0.5, 0.6) is 0 Å². The first-order valence-electron chi connectivity index (χ1n) is 15.3. The van der Waals surface area contributed by atoms with E-state index in [1.165, 1.54) is 76.2 Å². The van der Waals surface area contributed by atoms with E-state index in [1.54, 1.807) is 12.3 Å². The number of halogens is 1. The van der Waals surface area contributed by atoms with Gasteiger partial charge in [-0.15, -0.1) is 0 Å². The molecule has 1 aromatic heterocycles. The summed E-state index contributed by atoms with van der Waals surface area (Å²) >= 11 is 0. The van der Waals surface area contributed by atoms with Gasteiger partial charge in [0, 0.05) is 23.7 Å². The van der Waals surface area contributed by atoms with Gasteiger partial charge < -0.3 is 0 Å². The van der Waals surface area contributed by atoms with Crippen molar-refractivity contribution in [1.82, 2.24) is 4.98 Å². The molecule has 0 bridgehead atoms. The van der Waals surface area contributed by atoms with Crippen LogP contribution in [0.3, 0.4) is 0 Å². The molecule has 0 unspecified atom stereocenters. The number of carbonyl (C=O) groups is 1. The number of hydrogen-bond donors (Lipinski definition) is 0. The summed E-state index contributed by atoms with van der Waals surface area (Å²) in [5.41, 5.74) is 3.89. The molecule has 1 aliphatic carbocycles. The average Bonchev–Trinajstić information content (AvgIpc) is 2.93. The fourth-order valence-corrected chi connectivity index (χ4v) is 5.87. The van der Waals surface area contributed by atoms with E-state index in [-0.39, 0.29) is 12.2 Å². The summed E-state index contributed by atoms with van der Waals surface area (Å²) < 4.78 is 14.2. The normalized spacial score (nSPS) is 18.6. The van der Waals surface area contributed by atoms with E-state index >= 15 is 0 Å². The maximum absolute atomic E-state index is 14.2. The second-order valence-corrected chi connectivity index (χ2v) is 11.4. The Labute approximate surface area is 225 Å². The average molecular weight is 508 g/mol. The van der Waals surface area contributed by atoms with Gasteiger partial charge in [-0.1, -0.05) is 109 Å². The monoisotopic (exact) mass is 507 g/mol. The number of nitrogens with zero attached hydrogens (tertiary/aromatic N) is 1. The molecule has 0 saturated heterocycles. The molecule has 0 amide bonds. The number of rotatable bonds is 17. The molecule has 1 atom stereocenters. The van der Waals surface area contributed by atoms with Gasteiger partial charge in [0.1, 0.15) is 6.17 Å². The summed E-state index contributed by atoms with van der Waals surface area (Å²) in [7, 11) is 0. The van der Waals surface area contributed by atoms with Gasteiger partial charge in [0.25, 0.3) is 0 Å². The zero-order valence-corrected chi connectivity index (χ0v) is 23.5. The highest BCUT2D eigenvalue weighted by molar-refractivity contribution is 5.96. The molecule has 0 spiro atoms.